The van der Waals surface area contributed by atoms with Gasteiger partial charge in [0.1, 0.15) is 0 Å². The van der Waals surface area contributed by atoms with Gasteiger partial charge in [0.15, 0.2) is 5.54 Å². The molecule has 0 aliphatic carbocycles. The lowest BCUT2D eigenvalue weighted by Gasteiger charge is -2.28. The number of urea groups is 1. The van der Waals surface area contributed by atoms with Gasteiger partial charge < -0.3 is 9.88 Å². The molecule has 0 radical (unpaired) electrons. The molecule has 0 bridgehead atoms. The molecule has 2 N–H and O–H groups in total. The lowest BCUT2D eigenvalue weighted by Crippen LogP contribution is -2.49. The number of rotatable bonds is 4. The maximum Gasteiger partial charge on any atom is 0.322 e. The van der Waals surface area contributed by atoms with Crippen LogP contribution in [0.25, 0.3) is 0 Å². The Hall–Kier alpha value is -3.37. The highest BCUT2D eigenvalue weighted by atomic mass is 16.2. The normalized spacial score (nSPS) is 18.4. The quantitative estimate of drug-likeness (QED) is 0.609. The second-order valence-electron chi connectivity index (χ2n) is 7.02. The van der Waals surface area contributed by atoms with E-state index in [1.165, 1.54) is 4.57 Å². The summed E-state index contributed by atoms with van der Waals surface area (Å²) in [4.78, 5) is 39.4. The van der Waals surface area contributed by atoms with Crippen LogP contribution in [-0.2, 0) is 16.9 Å². The predicted molar refractivity (Wildman–Crippen MR) is 106 cm³/mol. The number of nitrogens with one attached hydrogen (secondary N) is 2. The van der Waals surface area contributed by atoms with Gasteiger partial charge in [0.2, 0.25) is 0 Å². The molecule has 2 aromatic rings. The molecular formula is C21H22N4O3. The molecule has 7 heteroatoms. The molecule has 7 nitrogen and oxygen atoms in total. The van der Waals surface area contributed by atoms with E-state index in [-0.39, 0.29) is 12.1 Å². The monoisotopic (exact) mass is 378 g/mol. The van der Waals surface area contributed by atoms with E-state index in [0.29, 0.717) is 23.2 Å². The minimum atomic E-state index is -1.42. The van der Waals surface area contributed by atoms with E-state index < -0.39 is 17.5 Å². The van der Waals surface area contributed by atoms with E-state index in [4.69, 9.17) is 0 Å². The molecule has 0 saturated carbocycles. The van der Waals surface area contributed by atoms with Crippen LogP contribution < -0.4 is 16.2 Å². The first-order valence-electron chi connectivity index (χ1n) is 8.86. The van der Waals surface area contributed by atoms with Gasteiger partial charge in [0, 0.05) is 22.9 Å². The molecule has 1 fully saturated rings. The Morgan fingerprint density at radius 3 is 2.54 bits per heavy atom. The highest BCUT2D eigenvalue weighted by Gasteiger charge is 2.49. The Kier molecular flexibility index (Phi) is 5.34. The number of carbonyl (C=O) groups is 2. The zero-order chi connectivity index (χ0) is 20.3. The number of hydrogen-bond donors (Lipinski definition) is 2. The smallest absolute Gasteiger partial charge is 0.318 e. The largest absolute Gasteiger partial charge is 0.322 e. The Morgan fingerprint density at radius 2 is 1.86 bits per heavy atom. The summed E-state index contributed by atoms with van der Waals surface area (Å²) in [6, 6.07) is 10.0. The molecule has 144 valence electrons. The summed E-state index contributed by atoms with van der Waals surface area (Å²) in [6.07, 6.45) is 1.61. The van der Waals surface area contributed by atoms with Gasteiger partial charge in [0.05, 0.1) is 13.1 Å². The van der Waals surface area contributed by atoms with Crippen molar-refractivity contribution in [3.05, 3.63) is 69.6 Å². The number of hydrogen-bond acceptors (Lipinski definition) is 4. The Balaban J connectivity index is 2.13. The first-order chi connectivity index (χ1) is 13.3. The lowest BCUT2D eigenvalue weighted by atomic mass is 9.86. The van der Waals surface area contributed by atoms with Crippen molar-refractivity contribution in [1.82, 2.24) is 20.1 Å². The Morgan fingerprint density at radius 1 is 1.11 bits per heavy atom. The summed E-state index contributed by atoms with van der Waals surface area (Å²) >= 11 is 0. The van der Waals surface area contributed by atoms with E-state index in [9.17, 15) is 14.4 Å². The average Bonchev–Trinajstić information content (AvgIpc) is 2.93. The van der Waals surface area contributed by atoms with Gasteiger partial charge in [-0.05, 0) is 33.2 Å². The van der Waals surface area contributed by atoms with Gasteiger partial charge in [-0.25, -0.2) is 4.79 Å². The van der Waals surface area contributed by atoms with E-state index in [1.54, 1.807) is 43.5 Å². The van der Waals surface area contributed by atoms with E-state index >= 15 is 0 Å². The number of benzene rings is 1. The van der Waals surface area contributed by atoms with Crippen LogP contribution >= 0.6 is 0 Å². The third-order valence-corrected chi connectivity index (χ3v) is 4.56. The molecule has 3 amide bonds. The minimum Gasteiger partial charge on any atom is -0.318 e. The van der Waals surface area contributed by atoms with Crippen molar-refractivity contribution in [2.75, 3.05) is 20.6 Å². The zero-order valence-corrected chi connectivity index (χ0v) is 16.1. The molecule has 3 rings (SSSR count). The molecular weight excluding hydrogens is 356 g/mol. The molecule has 1 aromatic heterocycles. The topological polar surface area (TPSA) is 83.4 Å². The molecule has 2 heterocycles. The van der Waals surface area contributed by atoms with E-state index in [0.717, 1.165) is 0 Å². The molecule has 1 unspecified atom stereocenters. The highest BCUT2D eigenvalue weighted by Crippen LogP contribution is 2.29. The van der Waals surface area contributed by atoms with Crippen molar-refractivity contribution >= 4 is 11.9 Å². The van der Waals surface area contributed by atoms with Crippen LogP contribution in [-0.4, -0.2) is 42.0 Å². The van der Waals surface area contributed by atoms with Gasteiger partial charge in [-0.15, -0.1) is 0 Å². The van der Waals surface area contributed by atoms with Gasteiger partial charge in [0.25, 0.3) is 11.5 Å². The number of amides is 3. The maximum atomic E-state index is 12.9. The predicted octanol–water partition coefficient (Wildman–Crippen LogP) is 0.805. The molecule has 0 spiro atoms. The summed E-state index contributed by atoms with van der Waals surface area (Å²) in [5.74, 6) is 5.63. The fraction of sp³-hybridized carbons (Fsp3) is 0.286. The van der Waals surface area contributed by atoms with Crippen LogP contribution in [0, 0.1) is 18.8 Å². The van der Waals surface area contributed by atoms with Crippen molar-refractivity contribution in [2.45, 2.75) is 19.0 Å². The van der Waals surface area contributed by atoms with Gasteiger partial charge in [-0.3, -0.25) is 19.8 Å². The highest BCUT2D eigenvalue weighted by molar-refractivity contribution is 6.07. The van der Waals surface area contributed by atoms with Gasteiger partial charge in [-0.2, -0.15) is 0 Å². The maximum absolute atomic E-state index is 12.9. The Bertz CT molecular complexity index is 1050. The van der Waals surface area contributed by atoms with Crippen molar-refractivity contribution < 1.29 is 9.59 Å². The standard InChI is InChI=1S/C21H22N4O3/c1-15-8-6-13-25(18(15)26)14-21(19(27)22-20(28)23-21)17-11-5-4-9-16(17)10-7-12-24(2)3/h4-6,8-9,11,13H,12,14H2,1-3H3,(H2,22,23,27,28). The molecule has 1 atom stereocenters. The van der Waals surface area contributed by atoms with Crippen LogP contribution in [0.5, 0.6) is 0 Å². The van der Waals surface area contributed by atoms with Crippen molar-refractivity contribution in [3.8, 4) is 11.8 Å². The molecule has 1 aliphatic rings. The van der Waals surface area contributed by atoms with Gasteiger partial charge >= 0.3 is 6.03 Å². The molecule has 1 aliphatic heterocycles. The van der Waals surface area contributed by atoms with Gasteiger partial charge in [-0.1, -0.05) is 36.1 Å². The van der Waals surface area contributed by atoms with Crippen molar-refractivity contribution in [2.24, 2.45) is 0 Å². The summed E-state index contributed by atoms with van der Waals surface area (Å²) < 4.78 is 1.44. The van der Waals surface area contributed by atoms with Crippen molar-refractivity contribution in [1.29, 1.82) is 0 Å². The molecule has 1 aromatic carbocycles. The van der Waals surface area contributed by atoms with Crippen molar-refractivity contribution in [3.63, 3.8) is 0 Å². The third kappa shape index (κ3) is 3.68. The van der Waals surface area contributed by atoms with Crippen LogP contribution in [0.3, 0.4) is 0 Å². The Labute approximate surface area is 163 Å². The fourth-order valence-electron chi connectivity index (χ4n) is 3.17. The first-order valence-corrected chi connectivity index (χ1v) is 8.86. The van der Waals surface area contributed by atoms with Crippen LogP contribution in [0.1, 0.15) is 16.7 Å². The molecule has 28 heavy (non-hydrogen) atoms. The second kappa shape index (κ2) is 7.71. The van der Waals surface area contributed by atoms with Crippen LogP contribution in [0.4, 0.5) is 4.79 Å². The number of carbonyl (C=O) groups excluding carboxylic acids is 2. The fourth-order valence-corrected chi connectivity index (χ4v) is 3.17. The van der Waals surface area contributed by atoms with E-state index in [2.05, 4.69) is 22.5 Å². The SMILES string of the molecule is Cc1cccn(CC2(c3ccccc3C#CCN(C)C)NC(=O)NC2=O)c1=O. The third-order valence-electron chi connectivity index (χ3n) is 4.56. The first kappa shape index (κ1) is 19.4. The van der Waals surface area contributed by atoms with Crippen LogP contribution in [0.2, 0.25) is 0 Å². The zero-order valence-electron chi connectivity index (χ0n) is 16.1. The van der Waals surface area contributed by atoms with Crippen LogP contribution in [0.15, 0.2) is 47.4 Å². The minimum absolute atomic E-state index is 0.0303. The number of aryl methyl sites for hydroxylation is 1. The summed E-state index contributed by atoms with van der Waals surface area (Å²) in [6.45, 7) is 2.23. The summed E-state index contributed by atoms with van der Waals surface area (Å²) in [7, 11) is 3.83. The summed E-state index contributed by atoms with van der Waals surface area (Å²) in [5, 5.41) is 5.03. The van der Waals surface area contributed by atoms with E-state index in [1.807, 2.05) is 25.1 Å². The molecule has 1 saturated heterocycles. The second-order valence-corrected chi connectivity index (χ2v) is 7.02. The lowest BCUT2D eigenvalue weighted by molar-refractivity contribution is -0.124. The number of imide groups is 1. The number of pyridine rings is 1. The number of aromatic nitrogens is 1. The summed E-state index contributed by atoms with van der Waals surface area (Å²) in [5.41, 5.74) is 0.104. The average molecular weight is 378 g/mol. The number of nitrogens with zero attached hydrogens (tertiary/aromatic N) is 2.